The molecule has 0 atom stereocenters. The van der Waals surface area contributed by atoms with Gasteiger partial charge in [0.1, 0.15) is 5.82 Å². The smallest absolute Gasteiger partial charge is 0.191 e. The maximum atomic E-state index is 5.45. The minimum Gasteiger partial charge on any atom is -0.378 e. The number of morpholine rings is 1. The molecule has 0 radical (unpaired) electrons. The Labute approximate surface area is 161 Å². The molecule has 6 heteroatoms. The maximum absolute atomic E-state index is 5.45. The number of ether oxygens (including phenoxy) is 1. The van der Waals surface area contributed by atoms with Gasteiger partial charge in [0.05, 0.1) is 19.8 Å². The first kappa shape index (κ1) is 19.2. The van der Waals surface area contributed by atoms with Crippen LogP contribution in [0, 0.1) is 0 Å². The van der Waals surface area contributed by atoms with Crippen LogP contribution in [-0.4, -0.2) is 50.3 Å². The lowest BCUT2D eigenvalue weighted by molar-refractivity contribution is 0.122. The van der Waals surface area contributed by atoms with E-state index in [4.69, 9.17) is 9.73 Å². The van der Waals surface area contributed by atoms with Crippen molar-refractivity contribution < 1.29 is 4.74 Å². The Morgan fingerprint density at radius 1 is 1.11 bits per heavy atom. The Morgan fingerprint density at radius 2 is 1.93 bits per heavy atom. The van der Waals surface area contributed by atoms with Crippen LogP contribution in [0.25, 0.3) is 0 Å². The number of aliphatic imine (C=N–C) groups is 1. The van der Waals surface area contributed by atoms with Crippen molar-refractivity contribution in [2.45, 2.75) is 19.9 Å². The molecule has 2 N–H and O–H groups in total. The Morgan fingerprint density at radius 3 is 2.70 bits per heavy atom. The van der Waals surface area contributed by atoms with E-state index in [1.54, 1.807) is 0 Å². The zero-order valence-corrected chi connectivity index (χ0v) is 16.0. The molecule has 1 aromatic carbocycles. The second kappa shape index (κ2) is 10.5. The first-order valence-electron chi connectivity index (χ1n) is 9.69. The van der Waals surface area contributed by atoms with Crippen LogP contribution in [0.5, 0.6) is 0 Å². The monoisotopic (exact) mass is 367 g/mol. The van der Waals surface area contributed by atoms with Gasteiger partial charge in [-0.2, -0.15) is 0 Å². The van der Waals surface area contributed by atoms with E-state index in [0.717, 1.165) is 63.2 Å². The summed E-state index contributed by atoms with van der Waals surface area (Å²) in [7, 11) is 0. The summed E-state index contributed by atoms with van der Waals surface area (Å²) in [5, 5.41) is 6.75. The molecular weight excluding hydrogens is 338 g/mol. The van der Waals surface area contributed by atoms with Crippen LogP contribution < -0.4 is 15.5 Å². The van der Waals surface area contributed by atoms with E-state index in [2.05, 4.69) is 57.8 Å². The van der Waals surface area contributed by atoms with Crippen LogP contribution in [0.2, 0.25) is 0 Å². The third kappa shape index (κ3) is 5.96. The molecule has 2 heterocycles. The minimum absolute atomic E-state index is 0.598. The van der Waals surface area contributed by atoms with Crippen molar-refractivity contribution in [1.82, 2.24) is 15.6 Å². The zero-order valence-electron chi connectivity index (χ0n) is 16.0. The Kier molecular flexibility index (Phi) is 7.47. The molecule has 0 unspecified atom stereocenters. The van der Waals surface area contributed by atoms with Gasteiger partial charge in [-0.25, -0.2) is 9.98 Å². The highest BCUT2D eigenvalue weighted by Crippen LogP contribution is 2.19. The lowest BCUT2D eigenvalue weighted by atomic mass is 10.1. The summed E-state index contributed by atoms with van der Waals surface area (Å²) in [5.74, 6) is 1.86. The molecule has 1 aromatic heterocycles. The first-order chi connectivity index (χ1) is 13.4. The largest absolute Gasteiger partial charge is 0.378 e. The predicted octanol–water partition coefficient (Wildman–Crippen LogP) is 2.22. The van der Waals surface area contributed by atoms with Crippen LogP contribution in [0.15, 0.2) is 53.7 Å². The van der Waals surface area contributed by atoms with E-state index in [0.29, 0.717) is 6.54 Å². The molecule has 0 bridgehead atoms. The van der Waals surface area contributed by atoms with Gasteiger partial charge in [0.15, 0.2) is 5.96 Å². The van der Waals surface area contributed by atoms with Crippen molar-refractivity contribution in [3.8, 4) is 0 Å². The maximum Gasteiger partial charge on any atom is 0.191 e. The van der Waals surface area contributed by atoms with Gasteiger partial charge >= 0.3 is 0 Å². The fourth-order valence-electron chi connectivity index (χ4n) is 3.09. The van der Waals surface area contributed by atoms with Gasteiger partial charge in [-0.05, 0) is 25.0 Å². The topological polar surface area (TPSA) is 61.8 Å². The third-order valence-corrected chi connectivity index (χ3v) is 4.48. The van der Waals surface area contributed by atoms with Crippen molar-refractivity contribution in [3.05, 3.63) is 59.8 Å². The summed E-state index contributed by atoms with van der Waals surface area (Å²) in [4.78, 5) is 11.6. The molecule has 3 rings (SSSR count). The predicted molar refractivity (Wildman–Crippen MR) is 110 cm³/mol. The van der Waals surface area contributed by atoms with Crippen molar-refractivity contribution in [2.24, 2.45) is 4.99 Å². The molecule has 6 nitrogen and oxygen atoms in total. The molecule has 2 aromatic rings. The van der Waals surface area contributed by atoms with Crippen LogP contribution in [0.3, 0.4) is 0 Å². The van der Waals surface area contributed by atoms with Gasteiger partial charge in [0.2, 0.25) is 0 Å². The summed E-state index contributed by atoms with van der Waals surface area (Å²) in [5.41, 5.74) is 2.46. The summed E-state index contributed by atoms with van der Waals surface area (Å²) in [6.07, 6.45) is 2.82. The van der Waals surface area contributed by atoms with Gasteiger partial charge in [0, 0.05) is 37.9 Å². The van der Waals surface area contributed by atoms with Gasteiger partial charge in [-0.1, -0.05) is 36.4 Å². The number of anilines is 1. The molecule has 1 aliphatic rings. The molecule has 1 aliphatic heterocycles. The van der Waals surface area contributed by atoms with Crippen molar-refractivity contribution in [2.75, 3.05) is 44.3 Å². The number of benzene rings is 1. The second-order valence-corrected chi connectivity index (χ2v) is 6.44. The average Bonchev–Trinajstić information content (AvgIpc) is 2.74. The van der Waals surface area contributed by atoms with Crippen molar-refractivity contribution in [1.29, 1.82) is 0 Å². The standard InChI is InChI=1S/C21H29N5O/c1-2-22-21(24-12-10-18-7-4-3-5-8-18)25-17-19-9-6-11-23-20(19)26-13-15-27-16-14-26/h3-9,11H,2,10,12-17H2,1H3,(H2,22,24,25). The Bertz CT molecular complexity index is 714. The highest BCUT2D eigenvalue weighted by atomic mass is 16.5. The number of pyridine rings is 1. The summed E-state index contributed by atoms with van der Waals surface area (Å²) < 4.78 is 5.45. The second-order valence-electron chi connectivity index (χ2n) is 6.44. The molecule has 0 saturated carbocycles. The first-order valence-corrected chi connectivity index (χ1v) is 9.69. The quantitative estimate of drug-likeness (QED) is 0.580. The van der Waals surface area contributed by atoms with Crippen LogP contribution >= 0.6 is 0 Å². The molecule has 1 fully saturated rings. The van der Waals surface area contributed by atoms with E-state index in [1.807, 2.05) is 18.3 Å². The van der Waals surface area contributed by atoms with Gasteiger partial charge in [0.25, 0.3) is 0 Å². The van der Waals surface area contributed by atoms with Crippen molar-refractivity contribution >= 4 is 11.8 Å². The molecule has 27 heavy (non-hydrogen) atoms. The van der Waals surface area contributed by atoms with E-state index in [-0.39, 0.29) is 0 Å². The highest BCUT2D eigenvalue weighted by Gasteiger charge is 2.15. The molecule has 1 saturated heterocycles. The fourth-order valence-corrected chi connectivity index (χ4v) is 3.09. The molecular formula is C21H29N5O. The summed E-state index contributed by atoms with van der Waals surface area (Å²) in [6, 6.07) is 14.6. The highest BCUT2D eigenvalue weighted by molar-refractivity contribution is 5.79. The van der Waals surface area contributed by atoms with E-state index >= 15 is 0 Å². The van der Waals surface area contributed by atoms with Crippen LogP contribution in [-0.2, 0) is 17.7 Å². The number of rotatable bonds is 7. The minimum atomic E-state index is 0.598. The van der Waals surface area contributed by atoms with Gasteiger partial charge in [-0.3, -0.25) is 0 Å². The van der Waals surface area contributed by atoms with E-state index < -0.39 is 0 Å². The third-order valence-electron chi connectivity index (χ3n) is 4.48. The molecule has 0 aliphatic carbocycles. The summed E-state index contributed by atoms with van der Waals surface area (Å²) in [6.45, 7) is 7.62. The fraction of sp³-hybridized carbons (Fsp3) is 0.429. The molecule has 0 spiro atoms. The Balaban J connectivity index is 1.61. The number of hydrogen-bond donors (Lipinski definition) is 2. The lowest BCUT2D eigenvalue weighted by Crippen LogP contribution is -2.38. The van der Waals surface area contributed by atoms with Gasteiger partial charge < -0.3 is 20.3 Å². The lowest BCUT2D eigenvalue weighted by Gasteiger charge is -2.29. The number of aromatic nitrogens is 1. The van der Waals surface area contributed by atoms with Crippen molar-refractivity contribution in [3.63, 3.8) is 0 Å². The molecule has 144 valence electrons. The number of nitrogens with zero attached hydrogens (tertiary/aromatic N) is 3. The van der Waals surface area contributed by atoms with Gasteiger partial charge in [-0.15, -0.1) is 0 Å². The SMILES string of the molecule is CCNC(=NCc1cccnc1N1CCOCC1)NCCc1ccccc1. The van der Waals surface area contributed by atoms with E-state index in [1.165, 1.54) is 5.56 Å². The average molecular weight is 367 g/mol. The number of hydrogen-bond acceptors (Lipinski definition) is 4. The Hall–Kier alpha value is -2.60. The number of guanidine groups is 1. The normalized spacial score (nSPS) is 14.9. The van der Waals surface area contributed by atoms with E-state index in [9.17, 15) is 0 Å². The van der Waals surface area contributed by atoms with Crippen LogP contribution in [0.1, 0.15) is 18.1 Å². The number of nitrogens with one attached hydrogen (secondary N) is 2. The summed E-state index contributed by atoms with van der Waals surface area (Å²) >= 11 is 0. The zero-order chi connectivity index (χ0) is 18.7. The van der Waals surface area contributed by atoms with Crippen LogP contribution in [0.4, 0.5) is 5.82 Å². The molecule has 0 amide bonds.